The highest BCUT2D eigenvalue weighted by molar-refractivity contribution is 7.98. The molecule has 0 amide bonds. The van der Waals surface area contributed by atoms with Gasteiger partial charge in [-0.3, -0.25) is 4.79 Å². The van der Waals surface area contributed by atoms with Gasteiger partial charge in [0.1, 0.15) is 16.4 Å². The van der Waals surface area contributed by atoms with Crippen LogP contribution < -0.4 is 5.56 Å². The van der Waals surface area contributed by atoms with E-state index >= 15 is 0 Å². The summed E-state index contributed by atoms with van der Waals surface area (Å²) in [4.78, 5) is 21.9. The van der Waals surface area contributed by atoms with Crippen LogP contribution in [0.4, 0.5) is 0 Å². The second kappa shape index (κ2) is 8.37. The van der Waals surface area contributed by atoms with Crippen molar-refractivity contribution in [3.05, 3.63) is 87.8 Å². The molecule has 3 heterocycles. The monoisotopic (exact) mass is 444 g/mol. The van der Waals surface area contributed by atoms with E-state index in [-0.39, 0.29) is 5.56 Å². The Kier molecular flexibility index (Phi) is 5.27. The van der Waals surface area contributed by atoms with Gasteiger partial charge in [0.25, 0.3) is 5.56 Å². The number of aryl methyl sites for hydroxylation is 1. The summed E-state index contributed by atoms with van der Waals surface area (Å²) in [6.45, 7) is 1.80. The van der Waals surface area contributed by atoms with Crippen molar-refractivity contribution in [1.82, 2.24) is 29.8 Å². The molecular formula is C22H16N6OS2. The van der Waals surface area contributed by atoms with Crippen molar-refractivity contribution in [2.45, 2.75) is 17.8 Å². The highest BCUT2D eigenvalue weighted by atomic mass is 32.2. The number of benzene rings is 2. The molecule has 31 heavy (non-hydrogen) atoms. The molecule has 0 aliphatic rings. The normalized spacial score (nSPS) is 11.1. The largest absolute Gasteiger partial charge is 0.275 e. The zero-order valence-corrected chi connectivity index (χ0v) is 18.1. The molecule has 0 saturated heterocycles. The number of fused-ring (bicyclic) bond motifs is 1. The summed E-state index contributed by atoms with van der Waals surface area (Å²) < 4.78 is 1.33. The topological polar surface area (TPSA) is 85.9 Å². The minimum atomic E-state index is -0.175. The van der Waals surface area contributed by atoms with Crippen LogP contribution in [-0.2, 0) is 5.75 Å². The van der Waals surface area contributed by atoms with Gasteiger partial charge >= 0.3 is 0 Å². The van der Waals surface area contributed by atoms with Gasteiger partial charge in [0.05, 0.1) is 5.75 Å². The maximum atomic E-state index is 12.1. The molecule has 152 valence electrons. The van der Waals surface area contributed by atoms with E-state index in [1.165, 1.54) is 33.7 Å². The van der Waals surface area contributed by atoms with Gasteiger partial charge in [-0.25, -0.2) is 9.97 Å². The smallest absolute Gasteiger partial charge is 0.267 e. The summed E-state index contributed by atoms with van der Waals surface area (Å²) in [5.74, 6) is 0.521. The van der Waals surface area contributed by atoms with Crippen LogP contribution in [0.2, 0.25) is 0 Å². The van der Waals surface area contributed by atoms with Crippen LogP contribution in [-0.4, -0.2) is 29.8 Å². The zero-order chi connectivity index (χ0) is 21.2. The summed E-state index contributed by atoms with van der Waals surface area (Å²) in [6, 6.07) is 21.3. The Morgan fingerprint density at radius 2 is 1.58 bits per heavy atom. The van der Waals surface area contributed by atoms with Gasteiger partial charge in [-0.1, -0.05) is 83.8 Å². The second-order valence-electron chi connectivity index (χ2n) is 6.74. The van der Waals surface area contributed by atoms with E-state index in [9.17, 15) is 4.79 Å². The summed E-state index contributed by atoms with van der Waals surface area (Å²) in [5.41, 5.74) is 3.97. The van der Waals surface area contributed by atoms with Crippen LogP contribution in [0.3, 0.4) is 0 Å². The molecule has 0 spiro atoms. The second-order valence-corrected chi connectivity index (χ2v) is 8.72. The Bertz CT molecular complexity index is 1420. The molecule has 0 unspecified atom stereocenters. The lowest BCUT2D eigenvalue weighted by molar-refractivity contribution is 0.846. The van der Waals surface area contributed by atoms with E-state index in [2.05, 4.69) is 20.3 Å². The molecule has 0 fully saturated rings. The predicted octanol–water partition coefficient (Wildman–Crippen LogP) is 4.27. The molecule has 5 aromatic rings. The van der Waals surface area contributed by atoms with E-state index in [1.807, 2.05) is 60.7 Å². The molecule has 0 atom stereocenters. The summed E-state index contributed by atoms with van der Waals surface area (Å²) in [6.07, 6.45) is 0. The molecular weight excluding hydrogens is 428 g/mol. The summed E-state index contributed by atoms with van der Waals surface area (Å²) in [5, 5.41) is 14.5. The zero-order valence-electron chi connectivity index (χ0n) is 16.5. The van der Waals surface area contributed by atoms with Crippen LogP contribution in [0.1, 0.15) is 10.7 Å². The number of rotatable bonds is 5. The number of hydrogen-bond donors (Lipinski definition) is 0. The molecule has 0 bridgehead atoms. The third kappa shape index (κ3) is 4.10. The maximum Gasteiger partial charge on any atom is 0.275 e. The van der Waals surface area contributed by atoms with Crippen molar-refractivity contribution in [3.63, 3.8) is 0 Å². The first kappa shape index (κ1) is 19.5. The average molecular weight is 445 g/mol. The fourth-order valence-corrected chi connectivity index (χ4v) is 4.82. The molecule has 0 aliphatic carbocycles. The molecule has 0 radical (unpaired) electrons. The molecule has 0 N–H and O–H groups in total. The Morgan fingerprint density at radius 3 is 2.29 bits per heavy atom. The Labute approximate surface area is 185 Å². The van der Waals surface area contributed by atoms with E-state index in [0.717, 1.165) is 27.5 Å². The first-order valence-electron chi connectivity index (χ1n) is 9.52. The minimum Gasteiger partial charge on any atom is -0.267 e. The van der Waals surface area contributed by atoms with E-state index < -0.39 is 0 Å². The number of hydrogen-bond acceptors (Lipinski definition) is 8. The Balaban J connectivity index is 1.48. The Morgan fingerprint density at radius 1 is 0.903 bits per heavy atom. The third-order valence-corrected chi connectivity index (χ3v) is 6.44. The van der Waals surface area contributed by atoms with Gasteiger partial charge in [0.2, 0.25) is 10.1 Å². The van der Waals surface area contributed by atoms with Crippen LogP contribution in [0.25, 0.3) is 27.5 Å². The fraction of sp³-hybridized carbons (Fsp3) is 0.0909. The number of nitrogens with zero attached hydrogens (tertiary/aromatic N) is 6. The third-order valence-electron chi connectivity index (χ3n) is 4.50. The van der Waals surface area contributed by atoms with Crippen molar-refractivity contribution in [1.29, 1.82) is 0 Å². The van der Waals surface area contributed by atoms with E-state index in [0.29, 0.717) is 21.6 Å². The lowest BCUT2D eigenvalue weighted by Crippen LogP contribution is -2.14. The van der Waals surface area contributed by atoms with E-state index in [1.54, 1.807) is 6.92 Å². The van der Waals surface area contributed by atoms with Crippen molar-refractivity contribution < 1.29 is 0 Å². The molecule has 9 heteroatoms. The van der Waals surface area contributed by atoms with Gasteiger partial charge in [-0.05, 0) is 6.92 Å². The summed E-state index contributed by atoms with van der Waals surface area (Å²) >= 11 is 2.82. The number of thioether (sulfide) groups is 1. The van der Waals surface area contributed by atoms with Crippen molar-refractivity contribution >= 4 is 28.1 Å². The molecule has 3 aromatic heterocycles. The van der Waals surface area contributed by atoms with Crippen molar-refractivity contribution in [3.8, 4) is 22.5 Å². The highest BCUT2D eigenvalue weighted by Gasteiger charge is 2.15. The van der Waals surface area contributed by atoms with Crippen LogP contribution >= 0.6 is 23.1 Å². The first-order chi connectivity index (χ1) is 15.2. The fourth-order valence-electron chi connectivity index (χ4n) is 3.10. The lowest BCUT2D eigenvalue weighted by Gasteiger charge is -2.09. The van der Waals surface area contributed by atoms with Gasteiger partial charge in [0, 0.05) is 22.9 Å². The maximum absolute atomic E-state index is 12.1. The molecule has 5 rings (SSSR count). The van der Waals surface area contributed by atoms with Crippen LogP contribution in [0, 0.1) is 6.92 Å². The molecule has 0 aliphatic heterocycles. The van der Waals surface area contributed by atoms with Crippen molar-refractivity contribution in [2.75, 3.05) is 0 Å². The molecule has 0 saturated carbocycles. The minimum absolute atomic E-state index is 0.175. The SMILES string of the molecule is Cc1cc(=O)n2nc(CSc3nnc(-c4ccccc4)c(-c4ccccc4)n3)sc2n1. The summed E-state index contributed by atoms with van der Waals surface area (Å²) in [7, 11) is 0. The quantitative estimate of drug-likeness (QED) is 0.374. The van der Waals surface area contributed by atoms with Gasteiger partial charge < -0.3 is 0 Å². The Hall–Kier alpha value is -3.43. The molecule has 7 nitrogen and oxygen atoms in total. The lowest BCUT2D eigenvalue weighted by atomic mass is 10.0. The first-order valence-corrected chi connectivity index (χ1v) is 11.3. The highest BCUT2D eigenvalue weighted by Crippen LogP contribution is 2.30. The van der Waals surface area contributed by atoms with Gasteiger partial charge in [-0.15, -0.1) is 10.2 Å². The van der Waals surface area contributed by atoms with Crippen LogP contribution in [0.15, 0.2) is 76.7 Å². The van der Waals surface area contributed by atoms with Crippen LogP contribution in [0.5, 0.6) is 0 Å². The average Bonchev–Trinajstić information content (AvgIpc) is 3.22. The standard InChI is InChI=1S/C22H16N6OS2/c1-14-12-18(29)28-22(23-14)31-17(27-28)13-30-21-24-19(15-8-4-2-5-9-15)20(25-26-21)16-10-6-3-7-11-16/h2-12H,13H2,1H3. The van der Waals surface area contributed by atoms with Gasteiger partial charge in [-0.2, -0.15) is 9.61 Å². The van der Waals surface area contributed by atoms with E-state index in [4.69, 9.17) is 4.98 Å². The molecule has 2 aromatic carbocycles. The number of aromatic nitrogens is 6. The van der Waals surface area contributed by atoms with Crippen molar-refractivity contribution in [2.24, 2.45) is 0 Å². The predicted molar refractivity (Wildman–Crippen MR) is 122 cm³/mol. The van der Waals surface area contributed by atoms with Gasteiger partial charge in [0.15, 0.2) is 0 Å².